The quantitative estimate of drug-likeness (QED) is 0.113. The van der Waals surface area contributed by atoms with Crippen LogP contribution < -0.4 is 0 Å². The van der Waals surface area contributed by atoms with E-state index in [0.29, 0.717) is 68.0 Å². The molecule has 0 aromatic rings. The van der Waals surface area contributed by atoms with E-state index in [1.54, 1.807) is 0 Å². The SMILES string of the molecule is CCCSC1SC1CC(=O)CC(CC)(CC(=O)CC1SC1SCCC)CC(=O)CC1SC1SCCC. The molecule has 0 aliphatic carbocycles. The Kier molecular flexibility index (Phi) is 13.9. The van der Waals surface area contributed by atoms with Gasteiger partial charge in [-0.2, -0.15) is 0 Å². The number of rotatable bonds is 22. The lowest BCUT2D eigenvalue weighted by Crippen LogP contribution is -2.31. The van der Waals surface area contributed by atoms with Gasteiger partial charge in [0.2, 0.25) is 0 Å². The van der Waals surface area contributed by atoms with E-state index in [-0.39, 0.29) is 17.3 Å². The largest absolute Gasteiger partial charge is 0.300 e. The molecule has 0 radical (unpaired) electrons. The molecule has 0 aromatic heterocycles. The average Bonchev–Trinajstić information content (AvgIpc) is 3.75. The van der Waals surface area contributed by atoms with Crippen LogP contribution in [0.15, 0.2) is 0 Å². The van der Waals surface area contributed by atoms with E-state index >= 15 is 0 Å². The minimum absolute atomic E-state index is 0.254. The Hall–Kier alpha value is 1.11. The number of hydrogen-bond acceptors (Lipinski definition) is 9. The molecule has 0 N–H and O–H groups in total. The van der Waals surface area contributed by atoms with E-state index in [2.05, 4.69) is 27.7 Å². The molecule has 3 aliphatic heterocycles. The molecule has 0 spiro atoms. The molecule has 36 heavy (non-hydrogen) atoms. The van der Waals surface area contributed by atoms with Crippen LogP contribution in [0, 0.1) is 5.41 Å². The Morgan fingerprint density at radius 1 is 0.583 bits per heavy atom. The molecule has 3 fully saturated rings. The van der Waals surface area contributed by atoms with Gasteiger partial charge in [-0.05, 0) is 48.4 Å². The van der Waals surface area contributed by atoms with Crippen LogP contribution in [-0.4, -0.2) is 64.1 Å². The summed E-state index contributed by atoms with van der Waals surface area (Å²) in [5.41, 5.74) is -0.492. The van der Waals surface area contributed by atoms with Gasteiger partial charge in [-0.3, -0.25) is 14.4 Å². The van der Waals surface area contributed by atoms with E-state index in [1.807, 2.05) is 70.6 Å². The highest BCUT2D eigenvalue weighted by Gasteiger charge is 2.45. The zero-order valence-electron chi connectivity index (χ0n) is 22.3. The summed E-state index contributed by atoms with van der Waals surface area (Å²) >= 11 is 11.6. The van der Waals surface area contributed by atoms with Crippen molar-refractivity contribution in [2.24, 2.45) is 5.41 Å². The lowest BCUT2D eigenvalue weighted by atomic mass is 9.71. The predicted molar refractivity (Wildman–Crippen MR) is 169 cm³/mol. The number of carbonyl (C=O) groups excluding carboxylic acids is 3. The maximum atomic E-state index is 13.2. The molecule has 3 heterocycles. The average molecular weight is 609 g/mol. The molecule has 0 amide bonds. The summed E-state index contributed by atoms with van der Waals surface area (Å²) < 4.78 is 1.67. The van der Waals surface area contributed by atoms with Crippen LogP contribution in [-0.2, 0) is 14.4 Å². The van der Waals surface area contributed by atoms with Gasteiger partial charge in [0, 0.05) is 54.3 Å². The number of ketones is 3. The summed E-state index contributed by atoms with van der Waals surface area (Å²) in [6.45, 7) is 8.66. The molecule has 206 valence electrons. The minimum atomic E-state index is -0.492. The first-order chi connectivity index (χ1) is 17.3. The van der Waals surface area contributed by atoms with Gasteiger partial charge in [0.05, 0.1) is 13.7 Å². The standard InChI is InChI=1S/C27H44O3S6/c1-5-9-31-24-21(34-24)12-18(28)15-27(8-4,16-19(29)13-22-25(35-22)32-10-6-2)17-20(30)14-23-26(36-23)33-11-7-3/h21-26H,5-17H2,1-4H3. The number of carbonyl (C=O) groups is 3. The first kappa shape index (κ1) is 31.6. The van der Waals surface area contributed by atoms with Crippen LogP contribution in [0.3, 0.4) is 0 Å². The van der Waals surface area contributed by atoms with Gasteiger partial charge in [0.15, 0.2) is 0 Å². The molecule has 0 bridgehead atoms. The molecule has 9 heteroatoms. The van der Waals surface area contributed by atoms with Crippen LogP contribution in [0.1, 0.15) is 91.9 Å². The van der Waals surface area contributed by atoms with Gasteiger partial charge in [-0.15, -0.1) is 70.6 Å². The van der Waals surface area contributed by atoms with Crippen molar-refractivity contribution in [1.82, 2.24) is 0 Å². The highest BCUT2D eigenvalue weighted by molar-refractivity contribution is 8.24. The van der Waals surface area contributed by atoms with Crippen LogP contribution in [0.2, 0.25) is 0 Å². The van der Waals surface area contributed by atoms with Crippen LogP contribution in [0.4, 0.5) is 0 Å². The fourth-order valence-corrected chi connectivity index (χ4v) is 12.7. The summed E-state index contributed by atoms with van der Waals surface area (Å²) in [4.78, 5) is 39.6. The van der Waals surface area contributed by atoms with Crippen molar-refractivity contribution in [3.63, 3.8) is 0 Å². The Bertz CT molecular complexity index is 654. The first-order valence-electron chi connectivity index (χ1n) is 13.7. The van der Waals surface area contributed by atoms with Crippen molar-refractivity contribution in [2.45, 2.75) is 121 Å². The fourth-order valence-electron chi connectivity index (χ4n) is 4.66. The number of thioether (sulfide) groups is 6. The van der Waals surface area contributed by atoms with Gasteiger partial charge in [-0.1, -0.05) is 27.7 Å². The van der Waals surface area contributed by atoms with E-state index in [0.717, 1.165) is 23.7 Å². The topological polar surface area (TPSA) is 51.2 Å². The third kappa shape index (κ3) is 10.9. The lowest BCUT2D eigenvalue weighted by Gasteiger charge is -2.31. The van der Waals surface area contributed by atoms with Crippen molar-refractivity contribution < 1.29 is 14.4 Å². The van der Waals surface area contributed by atoms with E-state index in [9.17, 15) is 14.4 Å². The summed E-state index contributed by atoms with van der Waals surface area (Å²) in [6.07, 6.45) is 7.18. The zero-order valence-corrected chi connectivity index (χ0v) is 27.2. The minimum Gasteiger partial charge on any atom is -0.300 e. The van der Waals surface area contributed by atoms with Crippen LogP contribution in [0.5, 0.6) is 0 Å². The second kappa shape index (κ2) is 15.8. The lowest BCUT2D eigenvalue weighted by molar-refractivity contribution is -0.127. The first-order valence-corrected chi connectivity index (χ1v) is 19.7. The molecule has 3 aliphatic rings. The number of Topliss-reactive ketones (excluding diaryl/α,β-unsaturated/α-hetero) is 3. The van der Waals surface area contributed by atoms with Gasteiger partial charge in [0.25, 0.3) is 0 Å². The second-order valence-corrected chi connectivity index (χ2v) is 19.2. The van der Waals surface area contributed by atoms with Crippen molar-refractivity contribution in [1.29, 1.82) is 0 Å². The third-order valence-electron chi connectivity index (χ3n) is 6.82. The highest BCUT2D eigenvalue weighted by Crippen LogP contribution is 2.54. The Morgan fingerprint density at radius 2 is 0.889 bits per heavy atom. The van der Waals surface area contributed by atoms with Gasteiger partial charge in [-0.25, -0.2) is 0 Å². The van der Waals surface area contributed by atoms with Crippen molar-refractivity contribution in [3.8, 4) is 0 Å². The molecule has 3 rings (SSSR count). The Labute approximate surface area is 244 Å². The monoisotopic (exact) mass is 608 g/mol. The Balaban J connectivity index is 1.55. The highest BCUT2D eigenvalue weighted by atomic mass is 32.2. The maximum Gasteiger partial charge on any atom is 0.134 e. The molecule has 6 atom stereocenters. The third-order valence-corrected chi connectivity index (χ3v) is 16.7. The van der Waals surface area contributed by atoms with Crippen molar-refractivity contribution in [3.05, 3.63) is 0 Å². The van der Waals surface area contributed by atoms with Crippen LogP contribution >= 0.6 is 70.6 Å². The molecule has 6 unspecified atom stereocenters. The summed E-state index contributed by atoms with van der Waals surface area (Å²) in [5, 5.41) is 1.27. The maximum absolute atomic E-state index is 13.2. The second-order valence-electron chi connectivity index (χ2n) is 10.4. The van der Waals surface area contributed by atoms with Crippen molar-refractivity contribution >= 4 is 87.9 Å². The zero-order chi connectivity index (χ0) is 26.1. The van der Waals surface area contributed by atoms with E-state index in [1.165, 1.54) is 19.3 Å². The van der Waals surface area contributed by atoms with E-state index in [4.69, 9.17) is 0 Å². The summed E-state index contributed by atoms with van der Waals surface area (Å²) in [6, 6.07) is 0. The summed E-state index contributed by atoms with van der Waals surface area (Å²) in [7, 11) is 0. The van der Waals surface area contributed by atoms with Crippen molar-refractivity contribution in [2.75, 3.05) is 17.3 Å². The Morgan fingerprint density at radius 3 is 1.14 bits per heavy atom. The summed E-state index contributed by atoms with van der Waals surface area (Å²) in [5.74, 6) is 4.21. The fraction of sp³-hybridized carbons (Fsp3) is 0.889. The van der Waals surface area contributed by atoms with Gasteiger partial charge in [0.1, 0.15) is 17.3 Å². The van der Waals surface area contributed by atoms with Gasteiger partial charge < -0.3 is 0 Å². The molecule has 0 saturated carbocycles. The smallest absolute Gasteiger partial charge is 0.134 e. The van der Waals surface area contributed by atoms with Gasteiger partial charge >= 0.3 is 0 Å². The molecule has 3 saturated heterocycles. The predicted octanol–water partition coefficient (Wildman–Crippen LogP) is 8.18. The van der Waals surface area contributed by atoms with Crippen LogP contribution in [0.25, 0.3) is 0 Å². The molecular weight excluding hydrogens is 565 g/mol. The molecule has 3 nitrogen and oxygen atoms in total. The molecular formula is C27H44O3S6. The normalized spacial score (nSPS) is 30.0. The molecule has 0 aromatic carbocycles. The van der Waals surface area contributed by atoms with E-state index < -0.39 is 5.41 Å². The number of hydrogen-bond donors (Lipinski definition) is 0.